The van der Waals surface area contributed by atoms with Crippen LogP contribution in [0.3, 0.4) is 0 Å². The van der Waals surface area contributed by atoms with Gasteiger partial charge in [0.2, 0.25) is 11.0 Å². The molecule has 3 aromatic carbocycles. The number of hydrogen-bond donors (Lipinski definition) is 3. The predicted octanol–water partition coefficient (Wildman–Crippen LogP) is 5.89. The Morgan fingerprint density at radius 2 is 1.69 bits per heavy atom. The molecule has 4 rings (SSSR count). The van der Waals surface area contributed by atoms with Crippen LogP contribution >= 0.6 is 39.0 Å². The highest BCUT2D eigenvalue weighted by Crippen LogP contribution is 2.22. The number of carbonyl (C=O) groups excluding carboxylic acids is 3. The zero-order valence-corrected chi connectivity index (χ0v) is 23.6. The van der Waals surface area contributed by atoms with Crippen LogP contribution in [0.2, 0.25) is 0 Å². The van der Waals surface area contributed by atoms with E-state index in [1.165, 1.54) is 53.4 Å². The lowest BCUT2D eigenvalue weighted by atomic mass is 10.1. The van der Waals surface area contributed by atoms with Gasteiger partial charge < -0.3 is 10.6 Å². The summed E-state index contributed by atoms with van der Waals surface area (Å²) in [7, 11) is 0. The highest BCUT2D eigenvalue weighted by molar-refractivity contribution is 9.10. The van der Waals surface area contributed by atoms with Crippen molar-refractivity contribution in [3.63, 3.8) is 0 Å². The normalized spacial score (nSPS) is 11.1. The average molecular weight is 627 g/mol. The van der Waals surface area contributed by atoms with E-state index in [2.05, 4.69) is 42.1 Å². The van der Waals surface area contributed by atoms with Gasteiger partial charge in [0.25, 0.3) is 11.8 Å². The number of amides is 3. The Kier molecular flexibility index (Phi) is 9.58. The molecule has 3 amide bonds. The van der Waals surface area contributed by atoms with Crippen molar-refractivity contribution in [1.29, 1.82) is 0 Å². The smallest absolute Gasteiger partial charge is 0.272 e. The third-order valence-corrected chi connectivity index (χ3v) is 7.34. The Hall–Kier alpha value is -3.87. The molecule has 198 valence electrons. The number of nitrogens with zero attached hydrogens (tertiary/aromatic N) is 2. The van der Waals surface area contributed by atoms with Crippen LogP contribution in [-0.2, 0) is 9.59 Å². The highest BCUT2D eigenvalue weighted by Gasteiger charge is 2.17. The lowest BCUT2D eigenvalue weighted by Gasteiger charge is -2.12. The number of anilines is 2. The maximum absolute atomic E-state index is 14.2. The molecule has 0 aliphatic rings. The van der Waals surface area contributed by atoms with Gasteiger partial charge in [0.05, 0.1) is 11.3 Å². The van der Waals surface area contributed by atoms with Crippen molar-refractivity contribution in [2.24, 2.45) is 0 Å². The number of nitrogens with one attached hydrogen (secondary N) is 3. The summed E-state index contributed by atoms with van der Waals surface area (Å²) in [6, 6.07) is 19.5. The molecule has 0 spiro atoms. The number of carbonyl (C=O) groups is 3. The zero-order chi connectivity index (χ0) is 27.8. The summed E-state index contributed by atoms with van der Waals surface area (Å²) in [5, 5.41) is 16.9. The summed E-state index contributed by atoms with van der Waals surface area (Å²) < 4.78 is 15.0. The Morgan fingerprint density at radius 1 is 0.974 bits per heavy atom. The van der Waals surface area contributed by atoms with Crippen molar-refractivity contribution < 1.29 is 18.8 Å². The molecule has 1 heterocycles. The first kappa shape index (κ1) is 28.1. The molecule has 1 aromatic heterocycles. The number of benzene rings is 3. The van der Waals surface area contributed by atoms with Crippen molar-refractivity contribution in [3.8, 4) is 0 Å². The van der Waals surface area contributed by atoms with Crippen molar-refractivity contribution in [2.45, 2.75) is 11.8 Å². The number of hydrogen-bond acceptors (Lipinski definition) is 7. The summed E-state index contributed by atoms with van der Waals surface area (Å²) in [5.41, 5.74) is 0.886. The fourth-order valence-electron chi connectivity index (χ4n) is 3.20. The van der Waals surface area contributed by atoms with E-state index in [0.717, 1.165) is 14.4 Å². The fourth-order valence-corrected chi connectivity index (χ4v) is 4.77. The number of rotatable bonds is 9. The average Bonchev–Trinajstić information content (AvgIpc) is 3.33. The number of aryl methyl sites for hydroxylation is 1. The molecule has 0 unspecified atom stereocenters. The van der Waals surface area contributed by atoms with Crippen LogP contribution in [0.4, 0.5) is 15.2 Å². The van der Waals surface area contributed by atoms with E-state index in [0.29, 0.717) is 16.4 Å². The van der Waals surface area contributed by atoms with Gasteiger partial charge in [0.15, 0.2) is 0 Å². The topological polar surface area (TPSA) is 113 Å². The molecule has 3 N–H and O–H groups in total. The standard InChI is InChI=1S/C27H21BrFN5O3S2/c1-16-33-34-27(39-16)32-24(35)15-38-20-12-10-19(11-13-20)30-26(37)23(14-17-6-8-18(28)9-7-17)31-25(36)21-4-2-3-5-22(21)29/h2-14H,15H2,1H3,(H,30,37)(H,31,36)(H,32,34,35)/b23-14+. The van der Waals surface area contributed by atoms with Gasteiger partial charge in [-0.25, -0.2) is 4.39 Å². The molecule has 0 aliphatic carbocycles. The van der Waals surface area contributed by atoms with Gasteiger partial charge in [-0.15, -0.1) is 22.0 Å². The second kappa shape index (κ2) is 13.3. The van der Waals surface area contributed by atoms with Gasteiger partial charge in [0, 0.05) is 15.1 Å². The van der Waals surface area contributed by atoms with Gasteiger partial charge in [-0.1, -0.05) is 51.5 Å². The monoisotopic (exact) mass is 625 g/mol. The molecule has 0 saturated heterocycles. The third kappa shape index (κ3) is 8.31. The van der Waals surface area contributed by atoms with Gasteiger partial charge in [-0.05, 0) is 67.1 Å². The molecule has 0 saturated carbocycles. The molecule has 0 aliphatic heterocycles. The first-order valence-corrected chi connectivity index (χ1v) is 14.0. The van der Waals surface area contributed by atoms with Crippen molar-refractivity contribution in [2.75, 3.05) is 16.4 Å². The molecule has 4 aromatic rings. The highest BCUT2D eigenvalue weighted by atomic mass is 79.9. The minimum atomic E-state index is -0.750. The summed E-state index contributed by atoms with van der Waals surface area (Å²) in [5.74, 6) is -2.07. The number of aromatic nitrogens is 2. The van der Waals surface area contributed by atoms with Crippen LogP contribution in [0.25, 0.3) is 6.08 Å². The lowest BCUT2D eigenvalue weighted by Crippen LogP contribution is -2.31. The summed E-state index contributed by atoms with van der Waals surface area (Å²) in [4.78, 5) is 38.9. The van der Waals surface area contributed by atoms with Crippen LogP contribution in [0, 0.1) is 12.7 Å². The van der Waals surface area contributed by atoms with Crippen molar-refractivity contribution >= 4 is 73.6 Å². The summed E-state index contributed by atoms with van der Waals surface area (Å²) in [6.45, 7) is 1.80. The van der Waals surface area contributed by atoms with Crippen LogP contribution < -0.4 is 16.0 Å². The van der Waals surface area contributed by atoms with Crippen molar-refractivity contribution in [1.82, 2.24) is 15.5 Å². The maximum Gasteiger partial charge on any atom is 0.272 e. The largest absolute Gasteiger partial charge is 0.321 e. The first-order valence-electron chi connectivity index (χ1n) is 11.4. The Morgan fingerprint density at radius 3 is 2.36 bits per heavy atom. The Labute approximate surface area is 240 Å². The molecule has 12 heteroatoms. The quantitative estimate of drug-likeness (QED) is 0.158. The predicted molar refractivity (Wildman–Crippen MR) is 155 cm³/mol. The van der Waals surface area contributed by atoms with Crippen LogP contribution in [-0.4, -0.2) is 33.7 Å². The molecule has 39 heavy (non-hydrogen) atoms. The van der Waals surface area contributed by atoms with Gasteiger partial charge >= 0.3 is 0 Å². The minimum absolute atomic E-state index is 0.0624. The van der Waals surface area contributed by atoms with Crippen molar-refractivity contribution in [3.05, 3.63) is 105 Å². The van der Waals surface area contributed by atoms with E-state index >= 15 is 0 Å². The number of thioether (sulfide) groups is 1. The van der Waals surface area contributed by atoms with E-state index in [-0.39, 0.29) is 22.9 Å². The molecule has 0 fully saturated rings. The van der Waals surface area contributed by atoms with Gasteiger partial charge in [-0.3, -0.25) is 19.7 Å². The van der Waals surface area contributed by atoms with Crippen LogP contribution in [0.5, 0.6) is 0 Å². The molecular formula is C27H21BrFN5O3S2. The molecular weight excluding hydrogens is 605 g/mol. The van der Waals surface area contributed by atoms with Crippen LogP contribution in [0.1, 0.15) is 20.9 Å². The first-order chi connectivity index (χ1) is 18.8. The fraction of sp³-hybridized carbons (Fsp3) is 0.0741. The summed E-state index contributed by atoms with van der Waals surface area (Å²) >= 11 is 5.98. The zero-order valence-electron chi connectivity index (χ0n) is 20.4. The van der Waals surface area contributed by atoms with Gasteiger partial charge in [0.1, 0.15) is 16.5 Å². The van der Waals surface area contributed by atoms with E-state index in [4.69, 9.17) is 0 Å². The SMILES string of the molecule is Cc1nnc(NC(=O)CSc2ccc(NC(=O)/C(=C\c3ccc(Br)cc3)NC(=O)c3ccccc3F)cc2)s1. The molecule has 0 atom stereocenters. The lowest BCUT2D eigenvalue weighted by molar-refractivity contribution is -0.114. The third-order valence-electron chi connectivity index (χ3n) is 5.05. The summed E-state index contributed by atoms with van der Waals surface area (Å²) in [6.07, 6.45) is 1.50. The second-order valence-electron chi connectivity index (χ2n) is 7.99. The van der Waals surface area contributed by atoms with E-state index in [9.17, 15) is 18.8 Å². The molecule has 8 nitrogen and oxygen atoms in total. The Bertz CT molecular complexity index is 1530. The van der Waals surface area contributed by atoms with Crippen LogP contribution in [0.15, 0.2) is 87.9 Å². The van der Waals surface area contributed by atoms with E-state index in [1.54, 1.807) is 55.5 Å². The second-order valence-corrected chi connectivity index (χ2v) is 11.1. The Balaban J connectivity index is 1.42. The van der Waals surface area contributed by atoms with Gasteiger partial charge in [-0.2, -0.15) is 0 Å². The van der Waals surface area contributed by atoms with E-state index in [1.807, 2.05) is 0 Å². The number of halogens is 2. The molecule has 0 bridgehead atoms. The maximum atomic E-state index is 14.2. The van der Waals surface area contributed by atoms with E-state index < -0.39 is 17.6 Å². The minimum Gasteiger partial charge on any atom is -0.321 e. The molecule has 0 radical (unpaired) electrons.